The maximum absolute atomic E-state index is 12.0. The second-order valence-corrected chi connectivity index (χ2v) is 5.06. The molecule has 1 amide bonds. The summed E-state index contributed by atoms with van der Waals surface area (Å²) in [6.07, 6.45) is 5.80. The molecule has 0 unspecified atom stereocenters. The second kappa shape index (κ2) is 8.08. The van der Waals surface area contributed by atoms with E-state index in [0.717, 1.165) is 0 Å². The molecule has 0 aromatic heterocycles. The van der Waals surface area contributed by atoms with Crippen molar-refractivity contribution in [3.63, 3.8) is 0 Å². The number of allylic oxidation sites excluding steroid dienone is 1. The minimum absolute atomic E-state index is 0.106. The third kappa shape index (κ3) is 4.92. The molecule has 0 bridgehead atoms. The van der Waals surface area contributed by atoms with Crippen molar-refractivity contribution >= 4 is 35.4 Å². The summed E-state index contributed by atoms with van der Waals surface area (Å²) in [5.41, 5.74) is 3.50. The fourth-order valence-corrected chi connectivity index (χ4v) is 2.11. The smallest absolute Gasteiger partial charge is 0.267 e. The average molecular weight is 328 g/mol. The van der Waals surface area contributed by atoms with E-state index in [-0.39, 0.29) is 5.78 Å². The van der Waals surface area contributed by atoms with E-state index >= 15 is 0 Å². The van der Waals surface area contributed by atoms with Gasteiger partial charge in [0.15, 0.2) is 5.78 Å². The topological polar surface area (TPSA) is 66.4 Å². The number of ketones is 1. The van der Waals surface area contributed by atoms with Crippen molar-refractivity contribution in [2.45, 2.75) is 0 Å². The van der Waals surface area contributed by atoms with Gasteiger partial charge in [-0.15, -0.1) is 0 Å². The van der Waals surface area contributed by atoms with Crippen molar-refractivity contribution in [2.24, 2.45) is 0 Å². The van der Waals surface area contributed by atoms with Gasteiger partial charge >= 0.3 is 0 Å². The summed E-state index contributed by atoms with van der Waals surface area (Å²) in [6, 6.07) is 14.1. The molecule has 0 atom stereocenters. The average Bonchev–Trinajstić information content (AvgIpc) is 2.59. The van der Waals surface area contributed by atoms with Crippen LogP contribution in [0.2, 0.25) is 5.02 Å². The number of hydrogen-bond acceptors (Lipinski definition) is 3. The predicted molar refractivity (Wildman–Crippen MR) is 90.2 cm³/mol. The lowest BCUT2D eigenvalue weighted by Crippen LogP contribution is -2.14. The largest absolute Gasteiger partial charge is 0.289 e. The Morgan fingerprint density at radius 2 is 1.74 bits per heavy atom. The number of hydroxylamine groups is 1. The van der Waals surface area contributed by atoms with Crippen molar-refractivity contribution < 1.29 is 14.8 Å². The van der Waals surface area contributed by atoms with Crippen LogP contribution in [-0.4, -0.2) is 16.9 Å². The Hall–Kier alpha value is -2.69. The monoisotopic (exact) mass is 327 g/mol. The van der Waals surface area contributed by atoms with E-state index in [1.165, 1.54) is 23.7 Å². The molecule has 0 saturated carbocycles. The molecule has 116 valence electrons. The lowest BCUT2D eigenvalue weighted by atomic mass is 10.1. The van der Waals surface area contributed by atoms with Crippen LogP contribution in [0.4, 0.5) is 0 Å². The molecule has 5 heteroatoms. The van der Waals surface area contributed by atoms with Gasteiger partial charge in [0.2, 0.25) is 0 Å². The summed E-state index contributed by atoms with van der Waals surface area (Å²) in [5, 5.41) is 8.86. The van der Waals surface area contributed by atoms with Crippen LogP contribution < -0.4 is 5.48 Å². The molecule has 4 nitrogen and oxygen atoms in total. The van der Waals surface area contributed by atoms with Crippen LogP contribution in [0, 0.1) is 0 Å². The molecule has 0 spiro atoms. The van der Waals surface area contributed by atoms with E-state index in [4.69, 9.17) is 16.8 Å². The van der Waals surface area contributed by atoms with Gasteiger partial charge < -0.3 is 0 Å². The number of amides is 1. The first kappa shape index (κ1) is 16.7. The Balaban J connectivity index is 2.12. The molecule has 0 aliphatic rings. The molecule has 0 heterocycles. The van der Waals surface area contributed by atoms with Crippen LogP contribution in [0.3, 0.4) is 0 Å². The van der Waals surface area contributed by atoms with E-state index in [0.29, 0.717) is 21.7 Å². The summed E-state index contributed by atoms with van der Waals surface area (Å²) in [4.78, 5) is 22.9. The van der Waals surface area contributed by atoms with Gasteiger partial charge in [-0.1, -0.05) is 54.1 Å². The first-order valence-corrected chi connectivity index (χ1v) is 7.17. The standard InChI is InChI=1S/C18H14ClNO3/c19-16-12-13(7-11-18(22)20-23)6-8-14(16)9-10-17(21)15-4-2-1-3-5-15/h1-12,23H,(H,20,22)/b10-9+,11-7+. The van der Waals surface area contributed by atoms with E-state index < -0.39 is 5.91 Å². The highest BCUT2D eigenvalue weighted by Crippen LogP contribution is 2.20. The minimum atomic E-state index is -0.626. The summed E-state index contributed by atoms with van der Waals surface area (Å²) in [5.74, 6) is -0.733. The van der Waals surface area contributed by atoms with Gasteiger partial charge in [0.25, 0.3) is 5.91 Å². The quantitative estimate of drug-likeness (QED) is 0.380. The number of benzene rings is 2. The maximum Gasteiger partial charge on any atom is 0.267 e. The molecule has 0 aliphatic heterocycles. The van der Waals surface area contributed by atoms with Crippen LogP contribution in [0.5, 0.6) is 0 Å². The molecular formula is C18H14ClNO3. The summed E-state index contributed by atoms with van der Waals surface area (Å²) >= 11 is 6.16. The van der Waals surface area contributed by atoms with Gasteiger partial charge in [0, 0.05) is 16.7 Å². The zero-order valence-corrected chi connectivity index (χ0v) is 12.8. The number of carbonyl (C=O) groups is 2. The summed E-state index contributed by atoms with van der Waals surface area (Å²) in [7, 11) is 0. The predicted octanol–water partition coefficient (Wildman–Crippen LogP) is 3.75. The Bertz CT molecular complexity index is 767. The van der Waals surface area contributed by atoms with Gasteiger partial charge in [0.1, 0.15) is 0 Å². The molecule has 0 aliphatic carbocycles. The lowest BCUT2D eigenvalue weighted by Gasteiger charge is -2.01. The SMILES string of the molecule is O=C(/C=C/c1ccc(/C=C/C(=O)c2ccccc2)c(Cl)c1)NO. The highest BCUT2D eigenvalue weighted by atomic mass is 35.5. The molecule has 0 saturated heterocycles. The van der Waals surface area contributed by atoms with Crippen molar-refractivity contribution in [3.8, 4) is 0 Å². The van der Waals surface area contributed by atoms with Crippen LogP contribution >= 0.6 is 11.6 Å². The zero-order chi connectivity index (χ0) is 16.7. The molecule has 0 radical (unpaired) electrons. The molecule has 23 heavy (non-hydrogen) atoms. The second-order valence-electron chi connectivity index (χ2n) is 4.65. The first-order chi connectivity index (χ1) is 11.1. The fourth-order valence-electron chi connectivity index (χ4n) is 1.86. The molecule has 2 aromatic rings. The normalized spacial score (nSPS) is 11.0. The third-order valence-electron chi connectivity index (χ3n) is 3.03. The van der Waals surface area contributed by atoms with E-state index in [9.17, 15) is 9.59 Å². The maximum atomic E-state index is 12.0. The lowest BCUT2D eigenvalue weighted by molar-refractivity contribution is -0.124. The molecule has 2 rings (SSSR count). The van der Waals surface area contributed by atoms with Crippen molar-refractivity contribution in [3.05, 3.63) is 82.4 Å². The van der Waals surface area contributed by atoms with Crippen LogP contribution in [-0.2, 0) is 4.79 Å². The van der Waals surface area contributed by atoms with Gasteiger partial charge in [-0.3, -0.25) is 14.8 Å². The van der Waals surface area contributed by atoms with Gasteiger partial charge in [-0.2, -0.15) is 0 Å². The number of rotatable bonds is 5. The van der Waals surface area contributed by atoms with Crippen molar-refractivity contribution in [2.75, 3.05) is 0 Å². The third-order valence-corrected chi connectivity index (χ3v) is 3.36. The van der Waals surface area contributed by atoms with E-state index in [2.05, 4.69) is 0 Å². The fraction of sp³-hybridized carbons (Fsp3) is 0. The highest BCUT2D eigenvalue weighted by Gasteiger charge is 2.02. The molecule has 2 aromatic carbocycles. The highest BCUT2D eigenvalue weighted by molar-refractivity contribution is 6.32. The number of halogens is 1. The Labute approximate surface area is 138 Å². The van der Waals surface area contributed by atoms with Crippen LogP contribution in [0.25, 0.3) is 12.2 Å². The molecule has 2 N–H and O–H groups in total. The first-order valence-electron chi connectivity index (χ1n) is 6.79. The Kier molecular flexibility index (Phi) is 5.86. The number of hydrogen-bond donors (Lipinski definition) is 2. The van der Waals surface area contributed by atoms with Crippen molar-refractivity contribution in [1.82, 2.24) is 5.48 Å². The van der Waals surface area contributed by atoms with Gasteiger partial charge in [-0.25, -0.2) is 5.48 Å². The summed E-state index contributed by atoms with van der Waals surface area (Å²) < 4.78 is 0. The minimum Gasteiger partial charge on any atom is -0.289 e. The Morgan fingerprint density at radius 1 is 1.00 bits per heavy atom. The molecular weight excluding hydrogens is 314 g/mol. The number of nitrogens with one attached hydrogen (secondary N) is 1. The summed E-state index contributed by atoms with van der Waals surface area (Å²) in [6.45, 7) is 0. The van der Waals surface area contributed by atoms with Gasteiger partial charge in [-0.05, 0) is 35.4 Å². The van der Waals surface area contributed by atoms with Crippen molar-refractivity contribution in [1.29, 1.82) is 0 Å². The van der Waals surface area contributed by atoms with Crippen LogP contribution in [0.1, 0.15) is 21.5 Å². The van der Waals surface area contributed by atoms with Crippen LogP contribution in [0.15, 0.2) is 60.7 Å². The van der Waals surface area contributed by atoms with Gasteiger partial charge in [0.05, 0.1) is 0 Å². The molecule has 0 fully saturated rings. The zero-order valence-electron chi connectivity index (χ0n) is 12.1. The number of carbonyl (C=O) groups excluding carboxylic acids is 2. The van der Waals surface area contributed by atoms with E-state index in [1.807, 2.05) is 6.07 Å². The Morgan fingerprint density at radius 3 is 2.39 bits per heavy atom. The van der Waals surface area contributed by atoms with E-state index in [1.54, 1.807) is 48.5 Å².